The highest BCUT2D eigenvalue weighted by Crippen LogP contribution is 2.29. The first kappa shape index (κ1) is 29.6. The summed E-state index contributed by atoms with van der Waals surface area (Å²) in [5.74, 6) is 1.51. The molecule has 0 bridgehead atoms. The van der Waals surface area contributed by atoms with Gasteiger partial charge in [0.2, 0.25) is 0 Å². The van der Waals surface area contributed by atoms with Crippen LogP contribution in [0.2, 0.25) is 0 Å². The van der Waals surface area contributed by atoms with Gasteiger partial charge in [-0.3, -0.25) is 9.59 Å². The van der Waals surface area contributed by atoms with E-state index < -0.39 is 0 Å². The highest BCUT2D eigenvalue weighted by molar-refractivity contribution is 5.85. The highest BCUT2D eigenvalue weighted by atomic mass is 35.5. The van der Waals surface area contributed by atoms with Crippen LogP contribution in [0, 0.1) is 23.7 Å². The number of carbonyl (C=O) groups is 2. The van der Waals surface area contributed by atoms with Crippen LogP contribution < -0.4 is 11.5 Å². The SMILES string of the molecule is CCOC(=O)C1CCC(CN)CC1.CCOC(=O)C1CCC(CN)CC1.Cl.Cl. The summed E-state index contributed by atoms with van der Waals surface area (Å²) in [5.41, 5.74) is 11.1. The number of halogens is 2. The van der Waals surface area contributed by atoms with Crippen molar-refractivity contribution in [3.63, 3.8) is 0 Å². The molecular weight excluding hydrogens is 403 g/mol. The van der Waals surface area contributed by atoms with E-state index in [1.165, 1.54) is 0 Å². The summed E-state index contributed by atoms with van der Waals surface area (Å²) in [6.07, 6.45) is 8.17. The zero-order chi connectivity index (χ0) is 19.4. The fourth-order valence-corrected chi connectivity index (χ4v) is 3.79. The molecule has 0 spiro atoms. The largest absolute Gasteiger partial charge is 0.466 e. The van der Waals surface area contributed by atoms with Crippen molar-refractivity contribution >= 4 is 36.8 Å². The van der Waals surface area contributed by atoms with Gasteiger partial charge in [-0.15, -0.1) is 24.8 Å². The first-order valence-corrected chi connectivity index (χ1v) is 10.3. The quantitative estimate of drug-likeness (QED) is 0.609. The fraction of sp³-hybridized carbons (Fsp3) is 0.900. The monoisotopic (exact) mass is 442 g/mol. The summed E-state index contributed by atoms with van der Waals surface area (Å²) in [6.45, 7) is 6.21. The Hall–Kier alpha value is -0.560. The summed E-state index contributed by atoms with van der Waals surface area (Å²) in [7, 11) is 0. The molecule has 0 radical (unpaired) electrons. The van der Waals surface area contributed by atoms with Crippen LogP contribution in [0.3, 0.4) is 0 Å². The molecule has 2 saturated carbocycles. The second-order valence-corrected chi connectivity index (χ2v) is 7.41. The minimum Gasteiger partial charge on any atom is -0.466 e. The Bertz CT molecular complexity index is 373. The lowest BCUT2D eigenvalue weighted by Crippen LogP contribution is -2.26. The van der Waals surface area contributed by atoms with Crippen molar-refractivity contribution in [1.29, 1.82) is 0 Å². The van der Waals surface area contributed by atoms with E-state index in [4.69, 9.17) is 20.9 Å². The molecule has 8 heteroatoms. The molecule has 2 aliphatic rings. The predicted octanol–water partition coefficient (Wildman–Crippen LogP) is 3.47. The number of ether oxygens (including phenoxy) is 2. The average molecular weight is 443 g/mol. The molecule has 0 aromatic rings. The number of hydrogen-bond acceptors (Lipinski definition) is 6. The van der Waals surface area contributed by atoms with E-state index in [1.54, 1.807) is 0 Å². The Kier molecular flexibility index (Phi) is 18.3. The normalized spacial score (nSPS) is 26.4. The summed E-state index contributed by atoms with van der Waals surface area (Å²) in [6, 6.07) is 0. The lowest BCUT2D eigenvalue weighted by atomic mass is 9.82. The van der Waals surface area contributed by atoms with Crippen LogP contribution in [0.4, 0.5) is 0 Å². The minimum atomic E-state index is -0.0158. The number of rotatable bonds is 6. The third-order valence-corrected chi connectivity index (χ3v) is 5.60. The van der Waals surface area contributed by atoms with Crippen molar-refractivity contribution in [3.8, 4) is 0 Å². The third kappa shape index (κ3) is 10.8. The van der Waals surface area contributed by atoms with Crippen LogP contribution >= 0.6 is 24.8 Å². The van der Waals surface area contributed by atoms with Crippen molar-refractivity contribution in [2.75, 3.05) is 26.3 Å². The smallest absolute Gasteiger partial charge is 0.308 e. The molecule has 0 aliphatic heterocycles. The van der Waals surface area contributed by atoms with E-state index in [9.17, 15) is 9.59 Å². The molecule has 0 aromatic carbocycles. The van der Waals surface area contributed by atoms with Crippen LogP contribution in [-0.4, -0.2) is 38.2 Å². The van der Waals surface area contributed by atoms with Crippen LogP contribution in [0.25, 0.3) is 0 Å². The van der Waals surface area contributed by atoms with Crippen molar-refractivity contribution in [1.82, 2.24) is 0 Å². The standard InChI is InChI=1S/2C10H19NO2.2ClH/c2*1-2-13-10(12)9-5-3-8(7-11)4-6-9;;/h2*8-9H,2-7,11H2,1H3;2*1H. The lowest BCUT2D eigenvalue weighted by Gasteiger charge is -2.25. The molecule has 0 saturated heterocycles. The van der Waals surface area contributed by atoms with Crippen LogP contribution in [0.1, 0.15) is 65.2 Å². The van der Waals surface area contributed by atoms with Gasteiger partial charge in [-0.2, -0.15) is 0 Å². The molecule has 0 atom stereocenters. The van der Waals surface area contributed by atoms with Gasteiger partial charge in [0.05, 0.1) is 25.0 Å². The molecule has 168 valence electrons. The topological polar surface area (TPSA) is 105 Å². The first-order valence-electron chi connectivity index (χ1n) is 10.3. The fourth-order valence-electron chi connectivity index (χ4n) is 3.79. The average Bonchev–Trinajstić information content (AvgIpc) is 2.69. The van der Waals surface area contributed by atoms with E-state index in [0.717, 1.165) is 64.5 Å². The predicted molar refractivity (Wildman–Crippen MR) is 117 cm³/mol. The van der Waals surface area contributed by atoms with Crippen molar-refractivity contribution in [2.45, 2.75) is 65.2 Å². The molecule has 0 aromatic heterocycles. The maximum Gasteiger partial charge on any atom is 0.308 e. The van der Waals surface area contributed by atoms with Gasteiger partial charge in [-0.1, -0.05) is 0 Å². The maximum atomic E-state index is 11.3. The molecular formula is C20H40Cl2N2O4. The minimum absolute atomic E-state index is 0. The lowest BCUT2D eigenvalue weighted by molar-refractivity contribution is -0.150. The van der Waals surface area contributed by atoms with Gasteiger partial charge < -0.3 is 20.9 Å². The Labute approximate surface area is 182 Å². The van der Waals surface area contributed by atoms with E-state index in [2.05, 4.69) is 0 Å². The van der Waals surface area contributed by atoms with Crippen molar-refractivity contribution in [2.24, 2.45) is 35.1 Å². The summed E-state index contributed by atoms with van der Waals surface area (Å²) < 4.78 is 9.96. The molecule has 4 N–H and O–H groups in total. The Morgan fingerprint density at radius 1 is 0.679 bits per heavy atom. The number of hydrogen-bond donors (Lipinski definition) is 2. The van der Waals surface area contributed by atoms with Gasteiger partial charge in [0, 0.05) is 0 Å². The van der Waals surface area contributed by atoms with Gasteiger partial charge in [-0.25, -0.2) is 0 Å². The Morgan fingerprint density at radius 3 is 1.18 bits per heavy atom. The van der Waals surface area contributed by atoms with Crippen LogP contribution in [-0.2, 0) is 19.1 Å². The van der Waals surface area contributed by atoms with Gasteiger partial charge >= 0.3 is 11.9 Å². The molecule has 0 unspecified atom stereocenters. The molecule has 0 amide bonds. The van der Waals surface area contributed by atoms with Crippen molar-refractivity contribution < 1.29 is 19.1 Å². The highest BCUT2D eigenvalue weighted by Gasteiger charge is 2.27. The maximum absolute atomic E-state index is 11.3. The van der Waals surface area contributed by atoms with E-state index in [1.807, 2.05) is 13.8 Å². The molecule has 0 heterocycles. The second-order valence-electron chi connectivity index (χ2n) is 7.41. The number of carbonyl (C=O) groups excluding carboxylic acids is 2. The molecule has 2 aliphatic carbocycles. The van der Waals surface area contributed by atoms with Gasteiger partial charge in [0.1, 0.15) is 0 Å². The summed E-state index contributed by atoms with van der Waals surface area (Å²) >= 11 is 0. The molecule has 28 heavy (non-hydrogen) atoms. The first-order chi connectivity index (χ1) is 12.5. The zero-order valence-corrected chi connectivity index (χ0v) is 19.0. The Balaban J connectivity index is 0. The van der Waals surface area contributed by atoms with Crippen LogP contribution in [0.15, 0.2) is 0 Å². The second kappa shape index (κ2) is 17.3. The van der Waals surface area contributed by atoms with E-state index in [-0.39, 0.29) is 48.6 Å². The van der Waals surface area contributed by atoms with Gasteiger partial charge in [0.15, 0.2) is 0 Å². The van der Waals surface area contributed by atoms with Gasteiger partial charge in [-0.05, 0) is 90.1 Å². The molecule has 2 fully saturated rings. The summed E-state index contributed by atoms with van der Waals surface area (Å²) in [4.78, 5) is 22.7. The van der Waals surface area contributed by atoms with Gasteiger partial charge in [0.25, 0.3) is 0 Å². The zero-order valence-electron chi connectivity index (χ0n) is 17.4. The van der Waals surface area contributed by atoms with Crippen LogP contribution in [0.5, 0.6) is 0 Å². The third-order valence-electron chi connectivity index (χ3n) is 5.60. The molecule has 6 nitrogen and oxygen atoms in total. The summed E-state index contributed by atoms with van der Waals surface area (Å²) in [5, 5.41) is 0. The Morgan fingerprint density at radius 2 is 0.964 bits per heavy atom. The number of nitrogens with two attached hydrogens (primary N) is 2. The number of esters is 2. The molecule has 2 rings (SSSR count). The van der Waals surface area contributed by atoms with Crippen molar-refractivity contribution in [3.05, 3.63) is 0 Å². The van der Waals surface area contributed by atoms with E-state index >= 15 is 0 Å². The van der Waals surface area contributed by atoms with E-state index in [0.29, 0.717) is 25.0 Å².